The lowest BCUT2D eigenvalue weighted by Crippen LogP contribution is -2.53. The van der Waals surface area contributed by atoms with Crippen LogP contribution in [-0.2, 0) is 0 Å². The Labute approximate surface area is 146 Å². The summed E-state index contributed by atoms with van der Waals surface area (Å²) in [5, 5.41) is 5.84. The van der Waals surface area contributed by atoms with Gasteiger partial charge in [0, 0.05) is 17.8 Å². The zero-order valence-electron chi connectivity index (χ0n) is 14.5. The number of carbonyl (C=O) groups excluding carboxylic acids is 2. The summed E-state index contributed by atoms with van der Waals surface area (Å²) < 4.78 is 5.09. The van der Waals surface area contributed by atoms with Crippen LogP contribution in [-0.4, -0.2) is 23.9 Å². The first-order chi connectivity index (χ1) is 11.9. The number of hydrogen-bond donors (Lipinski definition) is 3. The van der Waals surface area contributed by atoms with Crippen molar-refractivity contribution in [2.45, 2.75) is 32.2 Å². The molecule has 1 unspecified atom stereocenters. The van der Waals surface area contributed by atoms with Crippen LogP contribution < -0.4 is 16.4 Å². The predicted octanol–water partition coefficient (Wildman–Crippen LogP) is 2.70. The Morgan fingerprint density at radius 2 is 2.04 bits per heavy atom. The van der Waals surface area contributed by atoms with Crippen molar-refractivity contribution in [3.05, 3.63) is 53.5 Å². The highest BCUT2D eigenvalue weighted by molar-refractivity contribution is 6.04. The molecule has 0 radical (unpaired) electrons. The van der Waals surface area contributed by atoms with Crippen molar-refractivity contribution in [1.29, 1.82) is 0 Å². The van der Waals surface area contributed by atoms with Gasteiger partial charge in [-0.05, 0) is 62.4 Å². The van der Waals surface area contributed by atoms with Crippen molar-refractivity contribution < 1.29 is 14.0 Å². The minimum atomic E-state index is -0.389. The van der Waals surface area contributed by atoms with Gasteiger partial charge in [-0.3, -0.25) is 9.59 Å². The van der Waals surface area contributed by atoms with Crippen LogP contribution >= 0.6 is 0 Å². The summed E-state index contributed by atoms with van der Waals surface area (Å²) in [6.07, 6.45) is 3.62. The molecule has 1 aromatic heterocycles. The molecule has 1 heterocycles. The average Bonchev–Trinajstić information content (AvgIpc) is 3.32. The summed E-state index contributed by atoms with van der Waals surface area (Å²) in [5.74, 6) is 0.118. The zero-order chi connectivity index (χ0) is 18.0. The molecule has 1 aromatic carbocycles. The van der Waals surface area contributed by atoms with Crippen molar-refractivity contribution in [3.63, 3.8) is 0 Å². The second kappa shape index (κ2) is 6.72. The number of anilines is 1. The highest BCUT2D eigenvalue weighted by Crippen LogP contribution is 2.39. The van der Waals surface area contributed by atoms with Crippen LogP contribution in [0.5, 0.6) is 0 Å². The fraction of sp³-hybridized carbons (Fsp3) is 0.368. The summed E-state index contributed by atoms with van der Waals surface area (Å²) in [5.41, 5.74) is 7.40. The van der Waals surface area contributed by atoms with Crippen molar-refractivity contribution in [2.75, 3.05) is 11.9 Å². The van der Waals surface area contributed by atoms with Crippen LogP contribution in [0.4, 0.5) is 5.69 Å². The van der Waals surface area contributed by atoms with E-state index in [-0.39, 0.29) is 23.1 Å². The lowest BCUT2D eigenvalue weighted by Gasteiger charge is -2.29. The SMILES string of the molecule is Cc1ccc(C(=O)NC(C)(CN)C2CC2)cc1NC(=O)c1ccco1. The van der Waals surface area contributed by atoms with E-state index in [2.05, 4.69) is 10.6 Å². The molecule has 0 saturated heterocycles. The standard InChI is InChI=1S/C19H23N3O3/c1-12-5-6-13(17(23)22-19(2,11-20)14-7-8-14)10-15(12)21-18(24)16-4-3-9-25-16/h3-6,9-10,14H,7-8,11,20H2,1-2H3,(H,21,24)(H,22,23). The number of furan rings is 1. The molecule has 1 aliphatic carbocycles. The molecule has 25 heavy (non-hydrogen) atoms. The van der Waals surface area contributed by atoms with Crippen LogP contribution in [0.1, 0.15) is 46.2 Å². The quantitative estimate of drug-likeness (QED) is 0.752. The smallest absolute Gasteiger partial charge is 0.291 e. The van der Waals surface area contributed by atoms with Crippen LogP contribution in [0.2, 0.25) is 0 Å². The van der Waals surface area contributed by atoms with Gasteiger partial charge in [-0.25, -0.2) is 0 Å². The van der Waals surface area contributed by atoms with E-state index in [0.717, 1.165) is 18.4 Å². The van der Waals surface area contributed by atoms with Crippen LogP contribution in [0.3, 0.4) is 0 Å². The minimum Gasteiger partial charge on any atom is -0.459 e. The molecule has 6 heteroatoms. The first-order valence-electron chi connectivity index (χ1n) is 8.41. The lowest BCUT2D eigenvalue weighted by atomic mass is 9.95. The van der Waals surface area contributed by atoms with Crippen LogP contribution in [0, 0.1) is 12.8 Å². The molecule has 1 saturated carbocycles. The second-order valence-corrected chi connectivity index (χ2v) is 6.81. The number of aryl methyl sites for hydroxylation is 1. The normalized spacial score (nSPS) is 16.1. The minimum absolute atomic E-state index is 0.187. The molecule has 2 amide bonds. The number of nitrogens with one attached hydrogen (secondary N) is 2. The summed E-state index contributed by atoms with van der Waals surface area (Å²) >= 11 is 0. The van der Waals surface area contributed by atoms with E-state index in [1.807, 2.05) is 19.9 Å². The molecule has 3 rings (SSSR count). The van der Waals surface area contributed by atoms with Crippen molar-refractivity contribution in [1.82, 2.24) is 5.32 Å². The van der Waals surface area contributed by atoms with E-state index in [0.29, 0.717) is 23.7 Å². The Morgan fingerprint density at radius 3 is 2.64 bits per heavy atom. The van der Waals surface area contributed by atoms with E-state index in [1.54, 1.807) is 24.3 Å². The molecule has 6 nitrogen and oxygen atoms in total. The molecule has 132 valence electrons. The monoisotopic (exact) mass is 341 g/mol. The molecular weight excluding hydrogens is 318 g/mol. The number of rotatable bonds is 6. The number of benzene rings is 1. The highest BCUT2D eigenvalue weighted by atomic mass is 16.3. The summed E-state index contributed by atoms with van der Waals surface area (Å²) in [7, 11) is 0. The number of nitrogens with two attached hydrogens (primary N) is 1. The predicted molar refractivity (Wildman–Crippen MR) is 95.5 cm³/mol. The third-order valence-corrected chi connectivity index (χ3v) is 4.79. The molecule has 0 spiro atoms. The number of carbonyl (C=O) groups is 2. The first-order valence-corrected chi connectivity index (χ1v) is 8.41. The fourth-order valence-corrected chi connectivity index (χ4v) is 2.86. The van der Waals surface area contributed by atoms with E-state index < -0.39 is 0 Å². The third kappa shape index (κ3) is 3.74. The Bertz CT molecular complexity index is 781. The van der Waals surface area contributed by atoms with Gasteiger partial charge in [-0.1, -0.05) is 6.07 Å². The first kappa shape index (κ1) is 17.2. The van der Waals surface area contributed by atoms with Gasteiger partial charge in [0.2, 0.25) is 0 Å². The third-order valence-electron chi connectivity index (χ3n) is 4.79. The average molecular weight is 341 g/mol. The number of hydrogen-bond acceptors (Lipinski definition) is 4. The maximum Gasteiger partial charge on any atom is 0.291 e. The van der Waals surface area contributed by atoms with Gasteiger partial charge in [0.1, 0.15) is 0 Å². The molecule has 2 aromatic rings. The summed E-state index contributed by atoms with van der Waals surface area (Å²) in [6, 6.07) is 8.47. The van der Waals surface area contributed by atoms with Crippen molar-refractivity contribution >= 4 is 17.5 Å². The maximum atomic E-state index is 12.6. The summed E-state index contributed by atoms with van der Waals surface area (Å²) in [4.78, 5) is 24.8. The molecule has 1 fully saturated rings. The van der Waals surface area contributed by atoms with Crippen LogP contribution in [0.15, 0.2) is 41.0 Å². The summed E-state index contributed by atoms with van der Waals surface area (Å²) in [6.45, 7) is 4.25. The largest absolute Gasteiger partial charge is 0.459 e. The molecular formula is C19H23N3O3. The van der Waals surface area contributed by atoms with Gasteiger partial charge in [0.15, 0.2) is 5.76 Å². The van der Waals surface area contributed by atoms with Crippen molar-refractivity contribution in [3.8, 4) is 0 Å². The number of amides is 2. The fourth-order valence-electron chi connectivity index (χ4n) is 2.86. The molecule has 1 atom stereocenters. The van der Waals surface area contributed by atoms with Gasteiger partial charge >= 0.3 is 0 Å². The Morgan fingerprint density at radius 1 is 1.28 bits per heavy atom. The van der Waals surface area contributed by atoms with Gasteiger partial charge in [-0.15, -0.1) is 0 Å². The molecule has 1 aliphatic rings. The second-order valence-electron chi connectivity index (χ2n) is 6.81. The van der Waals surface area contributed by atoms with E-state index >= 15 is 0 Å². The molecule has 4 N–H and O–H groups in total. The molecule has 0 bridgehead atoms. The van der Waals surface area contributed by atoms with Crippen LogP contribution in [0.25, 0.3) is 0 Å². The zero-order valence-corrected chi connectivity index (χ0v) is 14.5. The van der Waals surface area contributed by atoms with E-state index in [9.17, 15) is 9.59 Å². The lowest BCUT2D eigenvalue weighted by molar-refractivity contribution is 0.0897. The maximum absolute atomic E-state index is 12.6. The van der Waals surface area contributed by atoms with Crippen molar-refractivity contribution in [2.24, 2.45) is 11.7 Å². The Hall–Kier alpha value is -2.60. The topological polar surface area (TPSA) is 97.4 Å². The van der Waals surface area contributed by atoms with Gasteiger partial charge in [0.05, 0.1) is 11.8 Å². The Kier molecular flexibility index (Phi) is 4.63. The van der Waals surface area contributed by atoms with Gasteiger partial charge in [0.25, 0.3) is 11.8 Å². The van der Waals surface area contributed by atoms with E-state index in [1.165, 1.54) is 6.26 Å². The highest BCUT2D eigenvalue weighted by Gasteiger charge is 2.41. The molecule has 0 aliphatic heterocycles. The van der Waals surface area contributed by atoms with Gasteiger partial charge < -0.3 is 20.8 Å². The van der Waals surface area contributed by atoms with Gasteiger partial charge in [-0.2, -0.15) is 0 Å². The Balaban J connectivity index is 1.76. The van der Waals surface area contributed by atoms with E-state index in [4.69, 9.17) is 10.2 Å².